The Morgan fingerprint density at radius 2 is 1.52 bits per heavy atom. The van der Waals surface area contributed by atoms with Crippen molar-refractivity contribution in [2.24, 2.45) is 0 Å². The number of fused-ring (bicyclic) bond motifs is 3. The number of hydrogen-bond donors (Lipinski definition) is 2. The number of ether oxygens (including phenoxy) is 2. The molecule has 1 aromatic heterocycles. The fraction of sp³-hybridized carbons (Fsp3) is 0.355. The summed E-state index contributed by atoms with van der Waals surface area (Å²) >= 11 is 7.29. The Kier molecular flexibility index (Phi) is 9.49. The molecule has 0 fully saturated rings. The van der Waals surface area contributed by atoms with Crippen molar-refractivity contribution in [2.45, 2.75) is 59.3 Å². The van der Waals surface area contributed by atoms with E-state index in [4.69, 9.17) is 21.1 Å². The van der Waals surface area contributed by atoms with Gasteiger partial charge in [-0.25, -0.2) is 18.0 Å². The molecule has 4 amide bonds. The topological polar surface area (TPSA) is 151 Å². The van der Waals surface area contributed by atoms with Gasteiger partial charge in [-0.2, -0.15) is 4.90 Å². The van der Waals surface area contributed by atoms with Gasteiger partial charge in [0.05, 0.1) is 29.1 Å². The standard InChI is InChI=1S/C31H35ClN4O8S2/c1-30(2,3)43-28(39)36(29(40)44-31(4,5)6)22-11-9-10-20-25(22)21-15-23(45-24(21)16-35(7)27(20)38)26(37)33-18-12-17(32)13-19(14-18)34-46(8,41)42/h9-15,34H,16H2,1-8H3,(H,33,37). The fourth-order valence-electron chi connectivity index (χ4n) is 4.56. The van der Waals surface area contributed by atoms with E-state index in [1.807, 2.05) is 0 Å². The average Bonchev–Trinajstić information content (AvgIpc) is 3.24. The maximum Gasteiger partial charge on any atom is 0.424 e. The number of imide groups is 1. The van der Waals surface area contributed by atoms with Gasteiger partial charge in [0.1, 0.15) is 11.2 Å². The maximum atomic E-state index is 13.6. The van der Waals surface area contributed by atoms with Gasteiger partial charge in [-0.1, -0.05) is 17.7 Å². The molecule has 1 aliphatic heterocycles. The molecule has 4 rings (SSSR count). The third kappa shape index (κ3) is 8.36. The number of halogens is 1. The van der Waals surface area contributed by atoms with Crippen LogP contribution in [0, 0.1) is 0 Å². The Morgan fingerprint density at radius 1 is 0.935 bits per heavy atom. The van der Waals surface area contributed by atoms with Crippen LogP contribution in [0.1, 0.15) is 66.4 Å². The van der Waals surface area contributed by atoms with Gasteiger partial charge >= 0.3 is 12.2 Å². The quantitative estimate of drug-likeness (QED) is 0.292. The first kappa shape index (κ1) is 34.7. The normalized spacial score (nSPS) is 13.2. The zero-order chi connectivity index (χ0) is 34.4. The van der Waals surface area contributed by atoms with Gasteiger partial charge < -0.3 is 19.7 Å². The van der Waals surface area contributed by atoms with E-state index in [0.29, 0.717) is 10.4 Å². The van der Waals surface area contributed by atoms with Crippen LogP contribution in [0.25, 0.3) is 11.1 Å². The second kappa shape index (κ2) is 12.6. The minimum absolute atomic E-state index is 0.0435. The first-order valence-corrected chi connectivity index (χ1v) is 17.1. The highest BCUT2D eigenvalue weighted by atomic mass is 35.5. The largest absolute Gasteiger partial charge is 0.443 e. The van der Waals surface area contributed by atoms with Crippen molar-refractivity contribution in [3.63, 3.8) is 0 Å². The molecule has 0 atom stereocenters. The number of carbonyl (C=O) groups is 4. The van der Waals surface area contributed by atoms with Crippen molar-refractivity contribution in [1.82, 2.24) is 4.90 Å². The monoisotopic (exact) mass is 690 g/mol. The molecule has 46 heavy (non-hydrogen) atoms. The second-order valence-corrected chi connectivity index (χ2v) is 16.0. The van der Waals surface area contributed by atoms with Crippen LogP contribution >= 0.6 is 22.9 Å². The van der Waals surface area contributed by atoms with Gasteiger partial charge in [0.25, 0.3) is 11.8 Å². The molecule has 0 bridgehead atoms. The summed E-state index contributed by atoms with van der Waals surface area (Å²) in [6.45, 7) is 10.1. The summed E-state index contributed by atoms with van der Waals surface area (Å²) in [6.07, 6.45) is -1.02. The molecule has 0 aliphatic carbocycles. The first-order chi connectivity index (χ1) is 21.1. The molecule has 3 aromatic rings. The number of nitrogens with zero attached hydrogens (tertiary/aromatic N) is 2. The summed E-state index contributed by atoms with van der Waals surface area (Å²) in [4.78, 5) is 57.3. The van der Waals surface area contributed by atoms with E-state index in [1.165, 1.54) is 29.2 Å². The zero-order valence-corrected chi connectivity index (χ0v) is 29.0. The number of thiophene rings is 1. The highest BCUT2D eigenvalue weighted by Crippen LogP contribution is 2.44. The van der Waals surface area contributed by atoms with Crippen LogP contribution in [0.3, 0.4) is 0 Å². The SMILES string of the molecule is CN1Cc2sc(C(=O)Nc3cc(Cl)cc(NS(C)(=O)=O)c3)cc2-c2c(cccc2N(C(=O)OC(C)(C)C)C(=O)OC(C)(C)C)C1=O. The summed E-state index contributed by atoms with van der Waals surface area (Å²) in [5.41, 5.74) is -0.572. The molecule has 0 spiro atoms. The molecule has 2 N–H and O–H groups in total. The number of anilines is 3. The molecule has 0 radical (unpaired) electrons. The number of carbonyl (C=O) groups excluding carboxylic acids is 4. The lowest BCUT2D eigenvalue weighted by atomic mass is 9.97. The Hall–Kier alpha value is -4.14. The summed E-state index contributed by atoms with van der Waals surface area (Å²) in [6, 6.07) is 10.5. The van der Waals surface area contributed by atoms with E-state index < -0.39 is 39.3 Å². The molecule has 0 saturated heterocycles. The van der Waals surface area contributed by atoms with Gasteiger partial charge in [-0.3, -0.25) is 14.3 Å². The van der Waals surface area contributed by atoms with Gasteiger partial charge in [-0.15, -0.1) is 11.3 Å². The van der Waals surface area contributed by atoms with Crippen LogP contribution in [0.2, 0.25) is 5.02 Å². The Labute approximate surface area is 276 Å². The van der Waals surface area contributed by atoms with Crippen LogP contribution in [0.15, 0.2) is 42.5 Å². The zero-order valence-electron chi connectivity index (χ0n) is 26.6. The molecule has 12 nitrogen and oxygen atoms in total. The third-order valence-corrected chi connectivity index (χ3v) is 8.10. The Bertz CT molecular complexity index is 1810. The highest BCUT2D eigenvalue weighted by Gasteiger charge is 2.37. The van der Waals surface area contributed by atoms with Gasteiger partial charge in [0, 0.05) is 39.3 Å². The van der Waals surface area contributed by atoms with Crippen molar-refractivity contribution in [3.8, 4) is 11.1 Å². The predicted molar refractivity (Wildman–Crippen MR) is 178 cm³/mol. The maximum absolute atomic E-state index is 13.6. The molecular formula is C31H35ClN4O8S2. The lowest BCUT2D eigenvalue weighted by Crippen LogP contribution is -2.44. The van der Waals surface area contributed by atoms with Crippen molar-refractivity contribution >= 4 is 74.0 Å². The molecule has 15 heteroatoms. The van der Waals surface area contributed by atoms with Crippen molar-refractivity contribution in [3.05, 3.63) is 62.8 Å². The van der Waals surface area contributed by atoms with E-state index in [0.717, 1.165) is 22.5 Å². The predicted octanol–water partition coefficient (Wildman–Crippen LogP) is 6.95. The third-order valence-electron chi connectivity index (χ3n) is 6.15. The summed E-state index contributed by atoms with van der Waals surface area (Å²) in [5, 5.41) is 2.92. The van der Waals surface area contributed by atoms with E-state index in [2.05, 4.69) is 10.0 Å². The van der Waals surface area contributed by atoms with E-state index in [-0.39, 0.29) is 50.5 Å². The van der Waals surface area contributed by atoms with Gasteiger partial charge in [0.2, 0.25) is 10.0 Å². The molecule has 246 valence electrons. The smallest absolute Gasteiger partial charge is 0.424 e. The number of amides is 4. The van der Waals surface area contributed by atoms with E-state index >= 15 is 0 Å². The van der Waals surface area contributed by atoms with Crippen molar-refractivity contribution < 1.29 is 37.1 Å². The Balaban J connectivity index is 1.84. The summed E-state index contributed by atoms with van der Waals surface area (Å²) in [5.74, 6) is -0.890. The summed E-state index contributed by atoms with van der Waals surface area (Å²) < 4.78 is 36.9. The number of benzene rings is 2. The molecule has 0 saturated carbocycles. The number of sulfonamides is 1. The van der Waals surface area contributed by atoms with Crippen LogP contribution in [-0.2, 0) is 26.0 Å². The van der Waals surface area contributed by atoms with Crippen LogP contribution in [-0.4, -0.2) is 61.8 Å². The number of nitrogens with one attached hydrogen (secondary N) is 2. The van der Waals surface area contributed by atoms with Crippen LogP contribution < -0.4 is 14.9 Å². The van der Waals surface area contributed by atoms with Crippen LogP contribution in [0.4, 0.5) is 26.7 Å². The lowest BCUT2D eigenvalue weighted by molar-refractivity contribution is 0.0430. The molecule has 1 aliphatic rings. The van der Waals surface area contributed by atoms with Crippen molar-refractivity contribution in [1.29, 1.82) is 0 Å². The van der Waals surface area contributed by atoms with Gasteiger partial charge in [0.15, 0.2) is 0 Å². The van der Waals surface area contributed by atoms with E-state index in [1.54, 1.807) is 66.8 Å². The second-order valence-electron chi connectivity index (χ2n) is 12.7. The molecule has 0 unspecified atom stereocenters. The lowest BCUT2D eigenvalue weighted by Gasteiger charge is -2.30. The molecular weight excluding hydrogens is 656 g/mol. The highest BCUT2D eigenvalue weighted by molar-refractivity contribution is 7.92. The van der Waals surface area contributed by atoms with E-state index in [9.17, 15) is 27.6 Å². The van der Waals surface area contributed by atoms with Crippen LogP contribution in [0.5, 0.6) is 0 Å². The number of hydrogen-bond acceptors (Lipinski definition) is 9. The summed E-state index contributed by atoms with van der Waals surface area (Å²) in [7, 11) is -1.99. The molecule has 2 heterocycles. The minimum atomic E-state index is -3.60. The molecule has 2 aromatic carbocycles. The fourth-order valence-corrected chi connectivity index (χ4v) is 6.46. The average molecular weight is 691 g/mol. The van der Waals surface area contributed by atoms with Gasteiger partial charge in [-0.05, 0) is 77.9 Å². The minimum Gasteiger partial charge on any atom is -0.443 e. The first-order valence-electron chi connectivity index (χ1n) is 14.0. The van der Waals surface area contributed by atoms with Crippen molar-refractivity contribution in [2.75, 3.05) is 28.2 Å². The Morgan fingerprint density at radius 3 is 2.09 bits per heavy atom. The number of rotatable bonds is 5.